The van der Waals surface area contributed by atoms with Crippen LogP contribution in [0.15, 0.2) is 30.3 Å². The minimum Gasteiger partial charge on any atom is -0.388 e. The van der Waals surface area contributed by atoms with E-state index in [1.54, 1.807) is 7.05 Å². The zero-order valence-corrected chi connectivity index (χ0v) is 8.23. The van der Waals surface area contributed by atoms with Crippen molar-refractivity contribution in [2.45, 2.75) is 18.9 Å². The Balaban J connectivity index is 2.43. The molecule has 1 amide bonds. The number of aliphatic hydroxyl groups is 1. The number of benzene rings is 1. The second-order valence-electron chi connectivity index (χ2n) is 3.14. The second kappa shape index (κ2) is 5.40. The van der Waals surface area contributed by atoms with Crippen molar-refractivity contribution in [1.82, 2.24) is 5.32 Å². The van der Waals surface area contributed by atoms with E-state index in [-0.39, 0.29) is 5.91 Å². The average Bonchev–Trinajstić information content (AvgIpc) is 2.26. The van der Waals surface area contributed by atoms with Gasteiger partial charge in [-0.25, -0.2) is 0 Å². The number of carbonyl (C=O) groups is 1. The third-order valence-corrected chi connectivity index (χ3v) is 2.11. The lowest BCUT2D eigenvalue weighted by molar-refractivity contribution is -0.121. The fourth-order valence-corrected chi connectivity index (χ4v) is 1.23. The summed E-state index contributed by atoms with van der Waals surface area (Å²) in [6.07, 6.45) is 0.268. The van der Waals surface area contributed by atoms with Crippen LogP contribution in [0.25, 0.3) is 0 Å². The van der Waals surface area contributed by atoms with Crippen LogP contribution in [0, 0.1) is 0 Å². The molecule has 0 aliphatic heterocycles. The molecule has 2 N–H and O–H groups in total. The molecular formula is C11H15NO2. The van der Waals surface area contributed by atoms with Crippen LogP contribution in [-0.4, -0.2) is 18.1 Å². The molecule has 0 aromatic heterocycles. The van der Waals surface area contributed by atoms with Gasteiger partial charge in [0.25, 0.3) is 0 Å². The standard InChI is InChI=1S/C11H15NO2/c1-12-11(14)8-7-10(13)9-5-3-2-4-6-9/h2-6,10,13H,7-8H2,1H3,(H,12,14). The molecule has 1 atom stereocenters. The van der Waals surface area contributed by atoms with Crippen molar-refractivity contribution in [3.05, 3.63) is 35.9 Å². The third kappa shape index (κ3) is 3.18. The van der Waals surface area contributed by atoms with E-state index < -0.39 is 6.10 Å². The molecule has 76 valence electrons. The quantitative estimate of drug-likeness (QED) is 0.756. The molecule has 14 heavy (non-hydrogen) atoms. The van der Waals surface area contributed by atoms with E-state index in [9.17, 15) is 9.90 Å². The van der Waals surface area contributed by atoms with Crippen LogP contribution >= 0.6 is 0 Å². The number of aliphatic hydroxyl groups excluding tert-OH is 1. The Hall–Kier alpha value is -1.35. The zero-order chi connectivity index (χ0) is 10.4. The van der Waals surface area contributed by atoms with Crippen molar-refractivity contribution < 1.29 is 9.90 Å². The smallest absolute Gasteiger partial charge is 0.219 e. The Labute approximate surface area is 83.8 Å². The predicted molar refractivity (Wildman–Crippen MR) is 54.7 cm³/mol. The number of rotatable bonds is 4. The summed E-state index contributed by atoms with van der Waals surface area (Å²) in [6, 6.07) is 9.36. The molecule has 0 radical (unpaired) electrons. The van der Waals surface area contributed by atoms with Crippen molar-refractivity contribution in [2.75, 3.05) is 7.05 Å². The molecule has 1 rings (SSSR count). The summed E-state index contributed by atoms with van der Waals surface area (Å²) in [7, 11) is 1.59. The van der Waals surface area contributed by atoms with E-state index in [1.807, 2.05) is 30.3 Å². The molecule has 3 nitrogen and oxygen atoms in total. The highest BCUT2D eigenvalue weighted by Gasteiger charge is 2.08. The molecule has 0 aliphatic carbocycles. The van der Waals surface area contributed by atoms with Gasteiger partial charge in [-0.05, 0) is 12.0 Å². The number of amides is 1. The summed E-state index contributed by atoms with van der Waals surface area (Å²) in [4.78, 5) is 10.9. The highest BCUT2D eigenvalue weighted by molar-refractivity contribution is 5.75. The van der Waals surface area contributed by atoms with Gasteiger partial charge in [-0.3, -0.25) is 4.79 Å². The Bertz CT molecular complexity index is 285. The van der Waals surface area contributed by atoms with Crippen molar-refractivity contribution in [1.29, 1.82) is 0 Å². The molecule has 0 fully saturated rings. The summed E-state index contributed by atoms with van der Waals surface area (Å²) in [5.41, 5.74) is 0.858. The molecule has 0 bridgehead atoms. The van der Waals surface area contributed by atoms with Gasteiger partial charge >= 0.3 is 0 Å². The average molecular weight is 193 g/mol. The molecular weight excluding hydrogens is 178 g/mol. The Morgan fingerprint density at radius 3 is 2.64 bits per heavy atom. The van der Waals surface area contributed by atoms with E-state index in [1.165, 1.54) is 0 Å². The van der Waals surface area contributed by atoms with Crippen LogP contribution in [0.5, 0.6) is 0 Å². The maximum atomic E-state index is 10.9. The van der Waals surface area contributed by atoms with Crippen LogP contribution in [-0.2, 0) is 4.79 Å². The third-order valence-electron chi connectivity index (χ3n) is 2.11. The van der Waals surface area contributed by atoms with Crippen LogP contribution in [0.4, 0.5) is 0 Å². The zero-order valence-electron chi connectivity index (χ0n) is 8.23. The van der Waals surface area contributed by atoms with Gasteiger partial charge in [-0.1, -0.05) is 30.3 Å². The fourth-order valence-electron chi connectivity index (χ4n) is 1.23. The first-order valence-electron chi connectivity index (χ1n) is 4.67. The number of hydrogen-bond donors (Lipinski definition) is 2. The largest absolute Gasteiger partial charge is 0.388 e. The van der Waals surface area contributed by atoms with E-state index in [0.717, 1.165) is 5.56 Å². The van der Waals surface area contributed by atoms with Crippen molar-refractivity contribution in [3.63, 3.8) is 0 Å². The van der Waals surface area contributed by atoms with Gasteiger partial charge in [-0.2, -0.15) is 0 Å². The maximum absolute atomic E-state index is 10.9. The van der Waals surface area contributed by atoms with Gasteiger partial charge in [-0.15, -0.1) is 0 Å². The van der Waals surface area contributed by atoms with Crippen molar-refractivity contribution in [2.24, 2.45) is 0 Å². The molecule has 1 aromatic rings. The fraction of sp³-hybridized carbons (Fsp3) is 0.364. The van der Waals surface area contributed by atoms with Crippen LogP contribution in [0.2, 0.25) is 0 Å². The highest BCUT2D eigenvalue weighted by Crippen LogP contribution is 2.17. The summed E-state index contributed by atoms with van der Waals surface area (Å²) < 4.78 is 0. The lowest BCUT2D eigenvalue weighted by Gasteiger charge is -2.09. The van der Waals surface area contributed by atoms with Gasteiger partial charge in [0.15, 0.2) is 0 Å². The van der Waals surface area contributed by atoms with Crippen LogP contribution < -0.4 is 5.32 Å². The second-order valence-corrected chi connectivity index (χ2v) is 3.14. The molecule has 0 saturated carbocycles. The maximum Gasteiger partial charge on any atom is 0.219 e. The molecule has 1 unspecified atom stereocenters. The van der Waals surface area contributed by atoms with Gasteiger partial charge in [0.05, 0.1) is 6.10 Å². The van der Waals surface area contributed by atoms with E-state index in [4.69, 9.17) is 0 Å². The highest BCUT2D eigenvalue weighted by atomic mass is 16.3. The van der Waals surface area contributed by atoms with E-state index >= 15 is 0 Å². The lowest BCUT2D eigenvalue weighted by atomic mass is 10.1. The van der Waals surface area contributed by atoms with Gasteiger partial charge in [0, 0.05) is 13.5 Å². The minimum atomic E-state index is -0.548. The van der Waals surface area contributed by atoms with E-state index in [0.29, 0.717) is 12.8 Å². The first kappa shape index (κ1) is 10.7. The SMILES string of the molecule is CNC(=O)CCC(O)c1ccccc1. The van der Waals surface area contributed by atoms with Crippen LogP contribution in [0.3, 0.4) is 0 Å². The molecule has 0 saturated heterocycles. The van der Waals surface area contributed by atoms with Gasteiger partial charge in [0.1, 0.15) is 0 Å². The normalized spacial score (nSPS) is 12.1. The first-order valence-corrected chi connectivity index (χ1v) is 4.67. The van der Waals surface area contributed by atoms with Crippen molar-refractivity contribution in [3.8, 4) is 0 Å². The minimum absolute atomic E-state index is 0.0417. The number of carbonyl (C=O) groups excluding carboxylic acids is 1. The van der Waals surface area contributed by atoms with Crippen molar-refractivity contribution >= 4 is 5.91 Å². The lowest BCUT2D eigenvalue weighted by Crippen LogP contribution is -2.18. The monoisotopic (exact) mass is 193 g/mol. The molecule has 0 aliphatic rings. The van der Waals surface area contributed by atoms with Crippen LogP contribution in [0.1, 0.15) is 24.5 Å². The summed E-state index contributed by atoms with van der Waals surface area (Å²) in [5.74, 6) is -0.0417. The molecule has 3 heteroatoms. The number of hydrogen-bond acceptors (Lipinski definition) is 2. The summed E-state index contributed by atoms with van der Waals surface area (Å²) >= 11 is 0. The molecule has 1 aromatic carbocycles. The Morgan fingerprint density at radius 1 is 1.43 bits per heavy atom. The van der Waals surface area contributed by atoms with E-state index in [2.05, 4.69) is 5.32 Å². The molecule has 0 spiro atoms. The predicted octanol–water partition coefficient (Wildman–Crippen LogP) is 1.25. The summed E-state index contributed by atoms with van der Waals surface area (Å²) in [5, 5.41) is 12.2. The van der Waals surface area contributed by atoms with Gasteiger partial charge < -0.3 is 10.4 Å². The Kier molecular flexibility index (Phi) is 4.13. The summed E-state index contributed by atoms with van der Waals surface area (Å²) in [6.45, 7) is 0. The Morgan fingerprint density at radius 2 is 2.07 bits per heavy atom. The van der Waals surface area contributed by atoms with Gasteiger partial charge in [0.2, 0.25) is 5.91 Å². The first-order chi connectivity index (χ1) is 6.74. The topological polar surface area (TPSA) is 49.3 Å². The molecule has 0 heterocycles. The number of nitrogens with one attached hydrogen (secondary N) is 1.